The van der Waals surface area contributed by atoms with Crippen molar-refractivity contribution >= 4 is 6.09 Å². The van der Waals surface area contributed by atoms with E-state index in [2.05, 4.69) is 4.98 Å². The summed E-state index contributed by atoms with van der Waals surface area (Å²) < 4.78 is 7.22. The molecule has 6 nitrogen and oxygen atoms in total. The Morgan fingerprint density at radius 3 is 2.45 bits per heavy atom. The van der Waals surface area contributed by atoms with Crippen LogP contribution in [0.1, 0.15) is 45.4 Å². The van der Waals surface area contributed by atoms with Crippen molar-refractivity contribution in [1.82, 2.24) is 14.5 Å². The number of likely N-dealkylation sites (tertiary alicyclic amines) is 1. The number of imidazole rings is 1. The zero-order valence-electron chi connectivity index (χ0n) is 12.6. The molecule has 1 aliphatic rings. The zero-order chi connectivity index (χ0) is 14.9. The van der Waals surface area contributed by atoms with Gasteiger partial charge in [-0.05, 0) is 33.6 Å². The maximum absolute atomic E-state index is 12.0. The first-order valence-corrected chi connectivity index (χ1v) is 6.96. The molecule has 1 aromatic rings. The number of carbonyl (C=O) groups is 1. The van der Waals surface area contributed by atoms with E-state index in [1.807, 2.05) is 32.4 Å². The molecule has 2 rings (SSSR count). The highest BCUT2D eigenvalue weighted by molar-refractivity contribution is 5.68. The molecule has 20 heavy (non-hydrogen) atoms. The lowest BCUT2D eigenvalue weighted by atomic mass is 9.96. The van der Waals surface area contributed by atoms with Crippen molar-refractivity contribution in [2.75, 3.05) is 13.1 Å². The van der Waals surface area contributed by atoms with Crippen LogP contribution in [0.5, 0.6) is 5.88 Å². The van der Waals surface area contributed by atoms with E-state index in [0.29, 0.717) is 13.1 Å². The Balaban J connectivity index is 1.92. The number of aromatic nitrogens is 2. The van der Waals surface area contributed by atoms with Crippen LogP contribution in [0.4, 0.5) is 4.79 Å². The van der Waals surface area contributed by atoms with Gasteiger partial charge in [-0.15, -0.1) is 0 Å². The van der Waals surface area contributed by atoms with Crippen LogP contribution in [0.15, 0.2) is 6.20 Å². The Hall–Kier alpha value is -1.72. The molecule has 1 saturated heterocycles. The number of nitrogens with zero attached hydrogens (tertiary/aromatic N) is 3. The number of aryl methyl sites for hydroxylation is 1. The number of ether oxygens (including phenoxy) is 1. The quantitative estimate of drug-likeness (QED) is 0.857. The number of hydrogen-bond acceptors (Lipinski definition) is 4. The third-order valence-corrected chi connectivity index (χ3v) is 3.41. The van der Waals surface area contributed by atoms with Crippen molar-refractivity contribution in [3.8, 4) is 5.88 Å². The smallest absolute Gasteiger partial charge is 0.410 e. The van der Waals surface area contributed by atoms with Gasteiger partial charge in [0.05, 0.1) is 6.20 Å². The summed E-state index contributed by atoms with van der Waals surface area (Å²) in [6.45, 7) is 6.93. The van der Waals surface area contributed by atoms with Crippen LogP contribution in [0.3, 0.4) is 0 Å². The molecule has 0 radical (unpaired) electrons. The van der Waals surface area contributed by atoms with Gasteiger partial charge >= 0.3 is 6.09 Å². The van der Waals surface area contributed by atoms with Gasteiger partial charge in [0, 0.05) is 26.1 Å². The van der Waals surface area contributed by atoms with Crippen LogP contribution >= 0.6 is 0 Å². The van der Waals surface area contributed by atoms with E-state index >= 15 is 0 Å². The molecule has 1 N–H and O–H groups in total. The summed E-state index contributed by atoms with van der Waals surface area (Å²) in [4.78, 5) is 17.9. The minimum atomic E-state index is -0.459. The van der Waals surface area contributed by atoms with Gasteiger partial charge in [-0.3, -0.25) is 0 Å². The lowest BCUT2D eigenvalue weighted by molar-refractivity contribution is 0.0202. The van der Waals surface area contributed by atoms with Gasteiger partial charge in [-0.1, -0.05) is 0 Å². The fourth-order valence-corrected chi connectivity index (χ4v) is 2.49. The standard InChI is InChI=1S/C14H23N3O3/c1-14(2,3)20-13(19)17-7-5-10(6-8-17)12-15-11(18)9-16(12)4/h9-10,18H,5-8H2,1-4H3. The second kappa shape index (κ2) is 5.34. The maximum Gasteiger partial charge on any atom is 0.410 e. The van der Waals surface area contributed by atoms with Crippen molar-refractivity contribution in [3.63, 3.8) is 0 Å². The summed E-state index contributed by atoms with van der Waals surface area (Å²) in [6.07, 6.45) is 3.03. The Morgan fingerprint density at radius 2 is 2.00 bits per heavy atom. The first kappa shape index (κ1) is 14.7. The van der Waals surface area contributed by atoms with Gasteiger partial charge in [0.2, 0.25) is 5.88 Å². The van der Waals surface area contributed by atoms with Crippen LogP contribution in [-0.2, 0) is 11.8 Å². The molecule has 0 spiro atoms. The molecule has 0 aliphatic carbocycles. The Labute approximate surface area is 119 Å². The number of hydrogen-bond donors (Lipinski definition) is 1. The molecule has 0 aromatic carbocycles. The second-order valence-corrected chi connectivity index (χ2v) is 6.31. The van der Waals surface area contributed by atoms with E-state index in [-0.39, 0.29) is 17.9 Å². The lowest BCUT2D eigenvalue weighted by Gasteiger charge is -2.33. The molecule has 0 unspecified atom stereocenters. The highest BCUT2D eigenvalue weighted by atomic mass is 16.6. The SMILES string of the molecule is Cn1cc(O)nc1C1CCN(C(=O)OC(C)(C)C)CC1. The molecule has 6 heteroatoms. The summed E-state index contributed by atoms with van der Waals surface area (Å²) in [5.41, 5.74) is -0.459. The molecule has 1 aromatic heterocycles. The minimum absolute atomic E-state index is 0.0528. The van der Waals surface area contributed by atoms with Crippen LogP contribution < -0.4 is 0 Å². The molecule has 112 valence electrons. The molecule has 0 saturated carbocycles. The molecule has 1 fully saturated rings. The highest BCUT2D eigenvalue weighted by Gasteiger charge is 2.29. The molecular formula is C14H23N3O3. The fraction of sp³-hybridized carbons (Fsp3) is 0.714. The lowest BCUT2D eigenvalue weighted by Crippen LogP contribution is -2.41. The Bertz CT molecular complexity index is 482. The van der Waals surface area contributed by atoms with Crippen LogP contribution in [0, 0.1) is 0 Å². The van der Waals surface area contributed by atoms with Crippen LogP contribution in [0.2, 0.25) is 0 Å². The first-order chi connectivity index (χ1) is 9.26. The first-order valence-electron chi connectivity index (χ1n) is 6.96. The van der Waals surface area contributed by atoms with Gasteiger partial charge in [0.15, 0.2) is 0 Å². The second-order valence-electron chi connectivity index (χ2n) is 6.31. The number of amides is 1. The molecule has 0 bridgehead atoms. The van der Waals surface area contributed by atoms with Crippen molar-refractivity contribution in [2.45, 2.75) is 45.1 Å². The average Bonchev–Trinajstić information content (AvgIpc) is 2.66. The maximum atomic E-state index is 12.0. The number of rotatable bonds is 1. The normalized spacial score (nSPS) is 17.3. The summed E-state index contributed by atoms with van der Waals surface area (Å²) >= 11 is 0. The number of aromatic hydroxyl groups is 1. The summed E-state index contributed by atoms with van der Waals surface area (Å²) in [5, 5.41) is 9.42. The summed E-state index contributed by atoms with van der Waals surface area (Å²) in [5.74, 6) is 1.21. The molecule has 0 atom stereocenters. The van der Waals surface area contributed by atoms with Crippen molar-refractivity contribution in [3.05, 3.63) is 12.0 Å². The molecular weight excluding hydrogens is 258 g/mol. The van der Waals surface area contributed by atoms with Crippen molar-refractivity contribution in [2.24, 2.45) is 7.05 Å². The van der Waals surface area contributed by atoms with Crippen molar-refractivity contribution in [1.29, 1.82) is 0 Å². The van der Waals surface area contributed by atoms with Gasteiger partial charge in [0.25, 0.3) is 0 Å². The van der Waals surface area contributed by atoms with Crippen molar-refractivity contribution < 1.29 is 14.6 Å². The zero-order valence-corrected chi connectivity index (χ0v) is 12.6. The summed E-state index contributed by atoms with van der Waals surface area (Å²) in [7, 11) is 1.88. The van der Waals surface area contributed by atoms with E-state index in [0.717, 1.165) is 18.7 Å². The van der Waals surface area contributed by atoms with Gasteiger partial charge < -0.3 is 19.3 Å². The predicted octanol–water partition coefficient (Wildman–Crippen LogP) is 2.24. The molecule has 1 aliphatic heterocycles. The molecule has 2 heterocycles. The third-order valence-electron chi connectivity index (χ3n) is 3.41. The number of carbonyl (C=O) groups excluding carboxylic acids is 1. The van der Waals surface area contributed by atoms with Crippen LogP contribution in [0.25, 0.3) is 0 Å². The fourth-order valence-electron chi connectivity index (χ4n) is 2.49. The Morgan fingerprint density at radius 1 is 1.40 bits per heavy atom. The predicted molar refractivity (Wildman–Crippen MR) is 74.7 cm³/mol. The van der Waals surface area contributed by atoms with Crippen LogP contribution in [-0.4, -0.2) is 44.3 Å². The average molecular weight is 281 g/mol. The summed E-state index contributed by atoms with van der Waals surface area (Å²) in [6, 6.07) is 0. The third kappa shape index (κ3) is 3.43. The Kier molecular flexibility index (Phi) is 3.92. The van der Waals surface area contributed by atoms with Gasteiger partial charge in [0.1, 0.15) is 11.4 Å². The number of piperidine rings is 1. The van der Waals surface area contributed by atoms with E-state index in [1.54, 1.807) is 11.1 Å². The topological polar surface area (TPSA) is 67.6 Å². The van der Waals surface area contributed by atoms with Gasteiger partial charge in [-0.2, -0.15) is 4.98 Å². The van der Waals surface area contributed by atoms with E-state index < -0.39 is 5.60 Å². The molecule has 1 amide bonds. The van der Waals surface area contributed by atoms with Gasteiger partial charge in [-0.25, -0.2) is 4.79 Å². The monoisotopic (exact) mass is 281 g/mol. The largest absolute Gasteiger partial charge is 0.492 e. The van der Waals surface area contributed by atoms with E-state index in [1.165, 1.54) is 0 Å². The van der Waals surface area contributed by atoms with E-state index in [4.69, 9.17) is 4.74 Å². The minimum Gasteiger partial charge on any atom is -0.492 e. The highest BCUT2D eigenvalue weighted by Crippen LogP contribution is 2.28. The van der Waals surface area contributed by atoms with E-state index in [9.17, 15) is 9.90 Å².